The van der Waals surface area contributed by atoms with Gasteiger partial charge in [0.25, 0.3) is 5.89 Å². The molecular weight excluding hydrogens is 432 g/mol. The van der Waals surface area contributed by atoms with Gasteiger partial charge in [-0.15, -0.1) is 10.2 Å². The highest BCUT2D eigenvalue weighted by Crippen LogP contribution is 2.29. The third kappa shape index (κ3) is 3.67. The van der Waals surface area contributed by atoms with Crippen LogP contribution in [0.1, 0.15) is 12.1 Å². The lowest BCUT2D eigenvalue weighted by molar-refractivity contribution is 0.439. The van der Waals surface area contributed by atoms with E-state index >= 15 is 0 Å². The molecule has 4 aromatic rings. The van der Waals surface area contributed by atoms with Crippen LogP contribution in [-0.2, 0) is 10.0 Å². The Balaban J connectivity index is 1.40. The van der Waals surface area contributed by atoms with Crippen molar-refractivity contribution >= 4 is 21.4 Å². The molecule has 162 valence electrons. The standard InChI is InChI=1S/C21H18N6O4S/c22-19-18(21-26-25-20(31-21)15-4-2-1-3-5-15)24-17(12-23-19)14-6-9-27(10-7-14)32(28,29)16-8-11-30-13-16/h1-6,8,11-13H,7,9-10H2,(H2,22,23). The first-order chi connectivity index (χ1) is 15.5. The van der Waals surface area contributed by atoms with Gasteiger partial charge in [-0.2, -0.15) is 4.31 Å². The Morgan fingerprint density at radius 1 is 1.06 bits per heavy atom. The zero-order chi connectivity index (χ0) is 22.1. The van der Waals surface area contributed by atoms with E-state index in [1.54, 1.807) is 6.20 Å². The molecule has 11 heteroatoms. The van der Waals surface area contributed by atoms with Gasteiger partial charge in [0.2, 0.25) is 15.9 Å². The normalized spacial score (nSPS) is 14.9. The Kier molecular flexibility index (Phi) is 5.04. The van der Waals surface area contributed by atoms with E-state index in [9.17, 15) is 8.42 Å². The lowest BCUT2D eigenvalue weighted by Crippen LogP contribution is -2.34. The van der Waals surface area contributed by atoms with E-state index in [0.29, 0.717) is 24.6 Å². The average molecular weight is 450 g/mol. The van der Waals surface area contributed by atoms with E-state index in [0.717, 1.165) is 11.1 Å². The number of hydrogen-bond acceptors (Lipinski definition) is 9. The summed E-state index contributed by atoms with van der Waals surface area (Å²) in [7, 11) is -3.60. The lowest BCUT2D eigenvalue weighted by Gasteiger charge is -2.25. The molecule has 0 atom stereocenters. The maximum Gasteiger partial charge on any atom is 0.270 e. The van der Waals surface area contributed by atoms with Gasteiger partial charge >= 0.3 is 0 Å². The van der Waals surface area contributed by atoms with E-state index in [4.69, 9.17) is 14.6 Å². The molecule has 0 radical (unpaired) electrons. The Morgan fingerprint density at radius 3 is 2.59 bits per heavy atom. The maximum absolute atomic E-state index is 12.7. The third-order valence-corrected chi connectivity index (χ3v) is 6.92. The van der Waals surface area contributed by atoms with Crippen LogP contribution in [0.3, 0.4) is 0 Å². The first-order valence-electron chi connectivity index (χ1n) is 9.76. The number of benzene rings is 1. The molecule has 3 aromatic heterocycles. The summed E-state index contributed by atoms with van der Waals surface area (Å²) in [5.74, 6) is 0.679. The number of nitrogens with zero attached hydrogens (tertiary/aromatic N) is 5. The molecule has 0 aliphatic carbocycles. The number of hydrogen-bond donors (Lipinski definition) is 1. The second-order valence-electron chi connectivity index (χ2n) is 7.07. The van der Waals surface area contributed by atoms with Crippen LogP contribution in [0.4, 0.5) is 5.82 Å². The Hall–Kier alpha value is -3.83. The van der Waals surface area contributed by atoms with Crippen molar-refractivity contribution in [1.82, 2.24) is 24.5 Å². The summed E-state index contributed by atoms with van der Waals surface area (Å²) in [6, 6.07) is 10.8. The van der Waals surface area contributed by atoms with Gasteiger partial charge in [0.1, 0.15) is 11.2 Å². The highest BCUT2D eigenvalue weighted by atomic mass is 32.2. The summed E-state index contributed by atoms with van der Waals surface area (Å²) in [4.78, 5) is 8.93. The van der Waals surface area contributed by atoms with Gasteiger partial charge in [0.15, 0.2) is 11.5 Å². The smallest absolute Gasteiger partial charge is 0.270 e. The van der Waals surface area contributed by atoms with E-state index in [1.165, 1.54) is 22.9 Å². The summed E-state index contributed by atoms with van der Waals surface area (Å²) >= 11 is 0. The fraction of sp³-hybridized carbons (Fsp3) is 0.143. The zero-order valence-corrected chi connectivity index (χ0v) is 17.6. The Labute approximate surface area is 183 Å². The fourth-order valence-corrected chi connectivity index (χ4v) is 4.68. The predicted octanol–water partition coefficient (Wildman–Crippen LogP) is 2.85. The number of furan rings is 1. The molecule has 5 rings (SSSR count). The molecule has 1 aromatic carbocycles. The van der Waals surface area contributed by atoms with Crippen molar-refractivity contribution in [2.75, 3.05) is 18.8 Å². The monoisotopic (exact) mass is 450 g/mol. The number of sulfonamides is 1. The second kappa shape index (κ2) is 8.02. The molecule has 32 heavy (non-hydrogen) atoms. The maximum atomic E-state index is 12.7. The van der Waals surface area contributed by atoms with Crippen molar-refractivity contribution in [3.05, 3.63) is 66.9 Å². The fourth-order valence-electron chi connectivity index (χ4n) is 3.38. The van der Waals surface area contributed by atoms with Crippen molar-refractivity contribution in [3.63, 3.8) is 0 Å². The Bertz CT molecular complexity index is 1380. The summed E-state index contributed by atoms with van der Waals surface area (Å²) in [6.45, 7) is 0.516. The molecule has 0 bridgehead atoms. The van der Waals surface area contributed by atoms with Crippen molar-refractivity contribution < 1.29 is 17.3 Å². The minimum Gasteiger partial charge on any atom is -0.471 e. The van der Waals surface area contributed by atoms with Gasteiger partial charge in [0.05, 0.1) is 18.2 Å². The quantitative estimate of drug-likeness (QED) is 0.486. The topological polar surface area (TPSA) is 141 Å². The van der Waals surface area contributed by atoms with Gasteiger partial charge < -0.3 is 14.6 Å². The molecule has 0 saturated carbocycles. The molecule has 2 N–H and O–H groups in total. The summed E-state index contributed by atoms with van der Waals surface area (Å²) in [5.41, 5.74) is 8.52. The molecular formula is C21H18N6O4S. The molecule has 0 amide bonds. The first kappa shape index (κ1) is 20.1. The Morgan fingerprint density at radius 2 is 1.88 bits per heavy atom. The van der Waals surface area contributed by atoms with E-state index in [1.807, 2.05) is 36.4 Å². The lowest BCUT2D eigenvalue weighted by atomic mass is 10.1. The number of nitrogens with two attached hydrogens (primary N) is 1. The van der Waals surface area contributed by atoms with Crippen molar-refractivity contribution in [2.24, 2.45) is 0 Å². The van der Waals surface area contributed by atoms with Crippen LogP contribution in [0, 0.1) is 0 Å². The predicted molar refractivity (Wildman–Crippen MR) is 115 cm³/mol. The van der Waals surface area contributed by atoms with Crippen molar-refractivity contribution in [3.8, 4) is 23.0 Å². The third-order valence-electron chi connectivity index (χ3n) is 5.08. The van der Waals surface area contributed by atoms with Gasteiger partial charge in [0, 0.05) is 18.7 Å². The molecule has 10 nitrogen and oxygen atoms in total. The van der Waals surface area contributed by atoms with E-state index in [2.05, 4.69) is 20.2 Å². The van der Waals surface area contributed by atoms with Crippen LogP contribution in [0.5, 0.6) is 0 Å². The minimum atomic E-state index is -3.60. The number of rotatable bonds is 5. The van der Waals surface area contributed by atoms with Crippen LogP contribution >= 0.6 is 0 Å². The van der Waals surface area contributed by atoms with Crippen molar-refractivity contribution in [2.45, 2.75) is 11.3 Å². The molecule has 0 unspecified atom stereocenters. The van der Waals surface area contributed by atoms with E-state index in [-0.39, 0.29) is 28.8 Å². The second-order valence-corrected chi connectivity index (χ2v) is 9.01. The summed E-state index contributed by atoms with van der Waals surface area (Å²) in [5, 5.41) is 8.14. The largest absolute Gasteiger partial charge is 0.471 e. The summed E-state index contributed by atoms with van der Waals surface area (Å²) < 4.78 is 37.4. The van der Waals surface area contributed by atoms with Crippen LogP contribution in [-0.4, -0.2) is 46.0 Å². The molecule has 0 saturated heterocycles. The molecule has 1 aliphatic heterocycles. The number of anilines is 1. The van der Waals surface area contributed by atoms with Crippen LogP contribution in [0.2, 0.25) is 0 Å². The molecule has 0 spiro atoms. The highest BCUT2D eigenvalue weighted by molar-refractivity contribution is 7.89. The van der Waals surface area contributed by atoms with Gasteiger partial charge in [-0.3, -0.25) is 0 Å². The molecule has 1 aliphatic rings. The zero-order valence-electron chi connectivity index (χ0n) is 16.7. The van der Waals surface area contributed by atoms with Crippen LogP contribution in [0.25, 0.3) is 28.6 Å². The van der Waals surface area contributed by atoms with Gasteiger partial charge in [-0.25, -0.2) is 18.4 Å². The van der Waals surface area contributed by atoms with Crippen LogP contribution in [0.15, 0.2) is 74.9 Å². The molecule has 4 heterocycles. The van der Waals surface area contributed by atoms with Crippen molar-refractivity contribution in [1.29, 1.82) is 0 Å². The minimum absolute atomic E-state index is 0.134. The summed E-state index contributed by atoms with van der Waals surface area (Å²) in [6.07, 6.45) is 6.40. The van der Waals surface area contributed by atoms with Crippen LogP contribution < -0.4 is 5.73 Å². The SMILES string of the molecule is Nc1ncc(C2=CCN(S(=O)(=O)c3ccoc3)CC2)nc1-c1nnc(-c2ccccc2)o1. The highest BCUT2D eigenvalue weighted by Gasteiger charge is 2.28. The van der Waals surface area contributed by atoms with E-state index < -0.39 is 10.0 Å². The number of aromatic nitrogens is 4. The number of nitrogen functional groups attached to an aromatic ring is 1. The van der Waals surface area contributed by atoms with Gasteiger partial charge in [-0.1, -0.05) is 24.3 Å². The first-order valence-corrected chi connectivity index (χ1v) is 11.2. The molecule has 0 fully saturated rings. The van der Waals surface area contributed by atoms with Gasteiger partial charge in [-0.05, 0) is 30.2 Å². The average Bonchev–Trinajstić information content (AvgIpc) is 3.53.